The number of amides is 1. The van der Waals surface area contributed by atoms with Crippen LogP contribution in [0, 0.1) is 0 Å². The second-order valence-corrected chi connectivity index (χ2v) is 8.84. The number of carbonyl (C=O) groups excluding carboxylic acids is 1. The molecule has 30 heavy (non-hydrogen) atoms. The quantitative estimate of drug-likeness (QED) is 0.527. The number of ether oxygens (including phenoxy) is 1. The van der Waals surface area contributed by atoms with Crippen molar-refractivity contribution < 1.29 is 9.53 Å². The van der Waals surface area contributed by atoms with Crippen molar-refractivity contribution in [3.8, 4) is 0 Å². The Morgan fingerprint density at radius 3 is 2.50 bits per heavy atom. The first-order valence-corrected chi connectivity index (χ1v) is 11.0. The average molecular weight is 418 g/mol. The third kappa shape index (κ3) is 9.03. The van der Waals surface area contributed by atoms with Crippen molar-refractivity contribution in [1.82, 2.24) is 20.4 Å². The van der Waals surface area contributed by atoms with Gasteiger partial charge in [-0.25, -0.2) is 4.79 Å². The van der Waals surface area contributed by atoms with Gasteiger partial charge in [-0.1, -0.05) is 30.3 Å². The van der Waals surface area contributed by atoms with Gasteiger partial charge in [-0.3, -0.25) is 9.89 Å². The molecule has 2 rings (SSSR count). The molecule has 7 nitrogen and oxygen atoms in total. The van der Waals surface area contributed by atoms with Gasteiger partial charge < -0.3 is 20.3 Å². The van der Waals surface area contributed by atoms with Crippen molar-refractivity contribution >= 4 is 12.1 Å². The van der Waals surface area contributed by atoms with Gasteiger partial charge in [0.2, 0.25) is 0 Å². The van der Waals surface area contributed by atoms with Crippen LogP contribution >= 0.6 is 0 Å². The van der Waals surface area contributed by atoms with Gasteiger partial charge in [0.05, 0.1) is 6.54 Å². The van der Waals surface area contributed by atoms with Crippen LogP contribution < -0.4 is 10.6 Å². The summed E-state index contributed by atoms with van der Waals surface area (Å²) in [5.41, 5.74) is 0.883. The van der Waals surface area contributed by atoms with E-state index >= 15 is 0 Å². The molecule has 0 atom stereocenters. The number of hydrogen-bond donors (Lipinski definition) is 2. The monoisotopic (exact) mass is 417 g/mol. The highest BCUT2D eigenvalue weighted by atomic mass is 16.6. The van der Waals surface area contributed by atoms with Crippen LogP contribution in [0.4, 0.5) is 4.79 Å². The van der Waals surface area contributed by atoms with Gasteiger partial charge in [-0.05, 0) is 46.1 Å². The predicted octanol–water partition coefficient (Wildman–Crippen LogP) is 3.07. The Kier molecular flexibility index (Phi) is 9.43. The molecule has 1 saturated heterocycles. The maximum absolute atomic E-state index is 12.1. The minimum Gasteiger partial charge on any atom is -0.444 e. The van der Waals surface area contributed by atoms with Gasteiger partial charge in [-0.2, -0.15) is 0 Å². The van der Waals surface area contributed by atoms with Crippen LogP contribution in [-0.4, -0.2) is 73.3 Å². The number of nitrogens with zero attached hydrogens (tertiary/aromatic N) is 3. The first-order valence-electron chi connectivity index (χ1n) is 11.0. The van der Waals surface area contributed by atoms with Gasteiger partial charge in [0.25, 0.3) is 0 Å². The number of nitrogens with one attached hydrogen (secondary N) is 2. The zero-order chi connectivity index (χ0) is 22.0. The van der Waals surface area contributed by atoms with Crippen molar-refractivity contribution in [3.63, 3.8) is 0 Å². The van der Waals surface area contributed by atoms with Crippen LogP contribution in [0.1, 0.15) is 46.1 Å². The van der Waals surface area contributed by atoms with E-state index in [9.17, 15) is 4.79 Å². The zero-order valence-corrected chi connectivity index (χ0v) is 19.3. The number of piperidine rings is 1. The van der Waals surface area contributed by atoms with E-state index in [2.05, 4.69) is 57.8 Å². The fraction of sp³-hybridized carbons (Fsp3) is 0.652. The maximum Gasteiger partial charge on any atom is 0.410 e. The van der Waals surface area contributed by atoms with Crippen molar-refractivity contribution in [1.29, 1.82) is 0 Å². The van der Waals surface area contributed by atoms with Crippen molar-refractivity contribution in [3.05, 3.63) is 35.9 Å². The molecule has 7 heteroatoms. The van der Waals surface area contributed by atoms with Crippen LogP contribution in [0.2, 0.25) is 0 Å². The van der Waals surface area contributed by atoms with Gasteiger partial charge in [0.1, 0.15) is 5.60 Å². The number of hydrogen-bond acceptors (Lipinski definition) is 4. The van der Waals surface area contributed by atoms with Crippen molar-refractivity contribution in [2.75, 3.05) is 39.8 Å². The summed E-state index contributed by atoms with van der Waals surface area (Å²) < 4.78 is 5.38. The molecular formula is C23H39N5O2. The molecule has 1 aromatic rings. The Balaban J connectivity index is 1.76. The lowest BCUT2D eigenvalue weighted by molar-refractivity contribution is 0.0304. The highest BCUT2D eigenvalue weighted by Gasteiger charge is 2.21. The average Bonchev–Trinajstić information content (AvgIpc) is 2.69. The van der Waals surface area contributed by atoms with Crippen LogP contribution in [-0.2, 0) is 11.3 Å². The lowest BCUT2D eigenvalue weighted by Crippen LogP contribution is -2.48. The summed E-state index contributed by atoms with van der Waals surface area (Å²) in [6.45, 7) is 12.7. The van der Waals surface area contributed by atoms with E-state index in [0.29, 0.717) is 19.1 Å². The van der Waals surface area contributed by atoms with E-state index in [0.717, 1.165) is 45.0 Å². The van der Waals surface area contributed by atoms with E-state index < -0.39 is 5.60 Å². The minimum atomic E-state index is -0.486. The number of aliphatic imine (C=N–C) groups is 1. The number of guanidine groups is 1. The molecule has 0 radical (unpaired) electrons. The van der Waals surface area contributed by atoms with Gasteiger partial charge in [-0.15, -0.1) is 0 Å². The van der Waals surface area contributed by atoms with Crippen LogP contribution in [0.15, 0.2) is 35.3 Å². The van der Waals surface area contributed by atoms with Gasteiger partial charge >= 0.3 is 6.09 Å². The Morgan fingerprint density at radius 1 is 1.23 bits per heavy atom. The smallest absolute Gasteiger partial charge is 0.410 e. The summed E-state index contributed by atoms with van der Waals surface area (Å²) in [6, 6.07) is 11.1. The molecule has 1 aliphatic rings. The Morgan fingerprint density at radius 2 is 1.90 bits per heavy atom. The number of likely N-dealkylation sites (tertiary alicyclic amines) is 1. The zero-order valence-electron chi connectivity index (χ0n) is 19.3. The highest BCUT2D eigenvalue weighted by Crippen LogP contribution is 2.14. The predicted molar refractivity (Wildman–Crippen MR) is 123 cm³/mol. The van der Waals surface area contributed by atoms with Crippen LogP contribution in [0.3, 0.4) is 0 Å². The Bertz CT molecular complexity index is 664. The van der Waals surface area contributed by atoms with Gasteiger partial charge in [0.15, 0.2) is 5.96 Å². The molecule has 0 bridgehead atoms. The maximum atomic E-state index is 12.1. The van der Waals surface area contributed by atoms with E-state index in [4.69, 9.17) is 4.74 Å². The third-order valence-electron chi connectivity index (χ3n) is 4.93. The lowest BCUT2D eigenvalue weighted by atomic mass is 10.0. The molecular weight excluding hydrogens is 378 g/mol. The highest BCUT2D eigenvalue weighted by molar-refractivity contribution is 5.80. The van der Waals surface area contributed by atoms with Crippen molar-refractivity contribution in [2.24, 2.45) is 4.99 Å². The SMILES string of the molecule is CCNC(=NCCN(C)C(=O)OC(C)(C)C)NC1CCN(Cc2ccccc2)CC1. The second kappa shape index (κ2) is 11.8. The fourth-order valence-electron chi connectivity index (χ4n) is 3.33. The number of likely N-dealkylation sites (N-methyl/N-ethyl adjacent to an activating group) is 1. The molecule has 1 amide bonds. The Hall–Kier alpha value is -2.28. The number of carbonyl (C=O) groups is 1. The molecule has 0 spiro atoms. The summed E-state index contributed by atoms with van der Waals surface area (Å²) in [4.78, 5) is 20.8. The molecule has 168 valence electrons. The first-order chi connectivity index (χ1) is 14.3. The topological polar surface area (TPSA) is 69.2 Å². The molecule has 1 aliphatic heterocycles. The second-order valence-electron chi connectivity index (χ2n) is 8.84. The normalized spacial score (nSPS) is 16.2. The fourth-order valence-corrected chi connectivity index (χ4v) is 3.33. The summed E-state index contributed by atoms with van der Waals surface area (Å²) in [5, 5.41) is 6.87. The van der Waals surface area contributed by atoms with E-state index in [1.54, 1.807) is 11.9 Å². The molecule has 0 unspecified atom stereocenters. The summed E-state index contributed by atoms with van der Waals surface area (Å²) in [7, 11) is 1.74. The molecule has 2 N–H and O–H groups in total. The summed E-state index contributed by atoms with van der Waals surface area (Å²) in [5.74, 6) is 0.816. The lowest BCUT2D eigenvalue weighted by Gasteiger charge is -2.33. The van der Waals surface area contributed by atoms with Gasteiger partial charge in [0, 0.05) is 45.8 Å². The number of benzene rings is 1. The Labute approximate surface area is 181 Å². The summed E-state index contributed by atoms with van der Waals surface area (Å²) >= 11 is 0. The van der Waals surface area contributed by atoms with Crippen LogP contribution in [0.25, 0.3) is 0 Å². The molecule has 0 aliphatic carbocycles. The molecule has 1 heterocycles. The van der Waals surface area contributed by atoms with Crippen LogP contribution in [0.5, 0.6) is 0 Å². The largest absolute Gasteiger partial charge is 0.444 e. The third-order valence-corrected chi connectivity index (χ3v) is 4.93. The van der Waals surface area contributed by atoms with Crippen molar-refractivity contribution in [2.45, 2.75) is 58.7 Å². The molecule has 1 aromatic carbocycles. The molecule has 0 saturated carbocycles. The molecule has 0 aromatic heterocycles. The number of rotatable bonds is 7. The molecule has 1 fully saturated rings. The first kappa shape index (κ1) is 24.0. The van der Waals surface area contributed by atoms with E-state index in [1.165, 1.54) is 5.56 Å². The standard InChI is InChI=1S/C23H39N5O2/c1-6-24-21(25-14-17-27(5)22(29)30-23(2,3)4)26-20-12-15-28(16-13-20)18-19-10-8-7-9-11-19/h7-11,20H,6,12-18H2,1-5H3,(H2,24,25,26). The van der Waals surface area contributed by atoms with E-state index in [1.807, 2.05) is 20.8 Å². The van der Waals surface area contributed by atoms with E-state index in [-0.39, 0.29) is 6.09 Å². The minimum absolute atomic E-state index is 0.318. The summed E-state index contributed by atoms with van der Waals surface area (Å²) in [6.07, 6.45) is 1.87.